The van der Waals surface area contributed by atoms with Crippen LogP contribution in [0.5, 0.6) is 0 Å². The second kappa shape index (κ2) is 12.5. The Kier molecular flexibility index (Phi) is 9.24. The van der Waals surface area contributed by atoms with Crippen LogP contribution in [0.25, 0.3) is 0 Å². The molecule has 0 radical (unpaired) electrons. The molecule has 18 nitrogen and oxygen atoms in total. The van der Waals surface area contributed by atoms with Crippen LogP contribution in [-0.4, -0.2) is 74.7 Å². The minimum atomic E-state index is -5.33. The van der Waals surface area contributed by atoms with Crippen molar-refractivity contribution in [3.63, 3.8) is 0 Å². The van der Waals surface area contributed by atoms with Crippen molar-refractivity contribution in [3.8, 4) is 0 Å². The molecule has 3 N–H and O–H groups in total. The van der Waals surface area contributed by atoms with Gasteiger partial charge in [-0.3, -0.25) is 10.2 Å². The molecule has 4 aliphatic rings. The molecule has 0 amide bonds. The number of hydrogen-bond acceptors (Lipinski definition) is 18. The fourth-order valence-electron chi connectivity index (χ4n) is 5.79. The Balaban J connectivity index is 1.47. The highest BCUT2D eigenvalue weighted by Crippen LogP contribution is 2.41. The van der Waals surface area contributed by atoms with E-state index in [4.69, 9.17) is 5.41 Å². The van der Waals surface area contributed by atoms with Gasteiger partial charge in [0.1, 0.15) is 46.2 Å². The Bertz CT molecular complexity index is 2240. The molecule has 0 fully saturated rings. The van der Waals surface area contributed by atoms with E-state index in [1.54, 1.807) is 0 Å². The Hall–Kier alpha value is -3.90. The van der Waals surface area contributed by atoms with Gasteiger partial charge in [0.15, 0.2) is 0 Å². The summed E-state index contributed by atoms with van der Waals surface area (Å²) in [6.07, 6.45) is 3.47. The highest BCUT2D eigenvalue weighted by atomic mass is 32.2. The first-order valence-electron chi connectivity index (χ1n) is 13.7. The van der Waals surface area contributed by atoms with Crippen LogP contribution in [0, 0.1) is 17.2 Å². The Morgan fingerprint density at radius 3 is 2.10 bits per heavy atom. The van der Waals surface area contributed by atoms with Crippen LogP contribution < -0.4 is 10.9 Å². The molecule has 22 heteroatoms. The number of hydrogen-bond donors (Lipinski definition) is 3. The van der Waals surface area contributed by atoms with E-state index in [9.17, 15) is 56.7 Å². The molecular weight excluding hydrogens is 719 g/mol. The summed E-state index contributed by atoms with van der Waals surface area (Å²) in [4.78, 5) is 11.5. The third-order valence-corrected chi connectivity index (χ3v) is 12.1. The monoisotopic (exact) mass is 741 g/mol. The van der Waals surface area contributed by atoms with E-state index in [0.29, 0.717) is 0 Å². The fourth-order valence-corrected chi connectivity index (χ4v) is 8.55. The summed E-state index contributed by atoms with van der Waals surface area (Å²) in [5.41, 5.74) is 3.73. The number of allylic oxidation sites excluding steroid dienone is 6. The molecule has 0 bridgehead atoms. The van der Waals surface area contributed by atoms with Gasteiger partial charge in [-0.25, -0.2) is 33.7 Å². The molecule has 48 heavy (non-hydrogen) atoms. The number of Topliss-reactive ketones (excluding diaryl/α,β-unsaturated/α-hetero) is 1. The van der Waals surface area contributed by atoms with Crippen LogP contribution >= 0.6 is 0 Å². The normalized spacial score (nSPS) is 25.4. The smallest absolute Gasteiger partial charge is 0.207 e. The third kappa shape index (κ3) is 7.39. The van der Waals surface area contributed by atoms with E-state index < -0.39 is 108 Å². The van der Waals surface area contributed by atoms with Crippen molar-refractivity contribution in [1.82, 2.24) is 10.9 Å². The largest absolute Gasteiger partial charge is 0.747 e. The minimum Gasteiger partial charge on any atom is -0.747 e. The zero-order chi connectivity index (χ0) is 35.4. The molecule has 4 unspecified atom stereocenters. The lowest BCUT2D eigenvalue weighted by molar-refractivity contribution is -0.113. The number of hydrazine groups is 1. The van der Waals surface area contributed by atoms with Crippen LogP contribution in [0.1, 0.15) is 25.7 Å². The van der Waals surface area contributed by atoms with Gasteiger partial charge in [-0.2, -0.15) is 10.2 Å². The molecule has 258 valence electrons. The lowest BCUT2D eigenvalue weighted by Gasteiger charge is -2.36. The van der Waals surface area contributed by atoms with E-state index >= 15 is 0 Å². The van der Waals surface area contributed by atoms with Crippen LogP contribution in [0.4, 0.5) is 5.69 Å². The van der Waals surface area contributed by atoms with Gasteiger partial charge in [-0.15, -0.1) is 0 Å². The van der Waals surface area contributed by atoms with Crippen molar-refractivity contribution < 1.29 is 56.7 Å². The van der Waals surface area contributed by atoms with Gasteiger partial charge in [0.2, 0.25) is 5.78 Å². The van der Waals surface area contributed by atoms with Crippen LogP contribution in [0.3, 0.4) is 0 Å². The molecule has 4 atom stereocenters. The van der Waals surface area contributed by atoms with E-state index in [1.807, 2.05) is 0 Å². The standard InChI is InChI=1S/C26H27N5O13S4/c27-20-12-18-13(9-23(20)47(39,40)41)10-24(48(42,43)44)25(26(18)32)31-30-22-8-7-21(17-6-5-16(11-19(17)22)46(36,37)38)29-28-14-1-3-15(4-2-14)45(33,34)35/h1-4,7-8,11-13,17,21,23,27,30-31H,5-6,9-10H2,(H,33,34,35)(H,36,37,38)(H,39,40,41)(H,42,43,44)/p-4. The molecule has 0 heterocycles. The van der Waals surface area contributed by atoms with Gasteiger partial charge in [0, 0.05) is 22.1 Å². The van der Waals surface area contributed by atoms with Gasteiger partial charge < -0.3 is 29.0 Å². The maximum absolute atomic E-state index is 13.4. The molecule has 0 spiro atoms. The zero-order valence-corrected chi connectivity index (χ0v) is 27.4. The first-order valence-corrected chi connectivity index (χ1v) is 19.4. The van der Waals surface area contributed by atoms with Crippen LogP contribution in [0.2, 0.25) is 0 Å². The fraction of sp³-hybridized carbons (Fsp3) is 0.308. The summed E-state index contributed by atoms with van der Waals surface area (Å²) in [5.74, 6) is -2.86. The maximum atomic E-state index is 13.4. The SMILES string of the molecule is N=C1C=C2C(=O)C(NNC3=C4C=C(S(=O)(=O)[O-])CCC4C(N=Nc4ccc(S(=O)(=O)[O-])cc4)C=C3)=C(S(=O)(=O)[O-])CC2CC1S(=O)(=O)[O-]. The number of carbonyl (C=O) groups excluding carboxylic acids is 1. The van der Waals surface area contributed by atoms with E-state index in [1.165, 1.54) is 24.3 Å². The molecule has 0 aromatic heterocycles. The molecule has 5 rings (SSSR count). The summed E-state index contributed by atoms with van der Waals surface area (Å²) < 4.78 is 141. The van der Waals surface area contributed by atoms with Gasteiger partial charge >= 0.3 is 0 Å². The van der Waals surface area contributed by atoms with Gasteiger partial charge in [-0.1, -0.05) is 6.08 Å². The number of nitrogens with one attached hydrogen (secondary N) is 3. The first-order chi connectivity index (χ1) is 22.1. The summed E-state index contributed by atoms with van der Waals surface area (Å²) >= 11 is 0. The van der Waals surface area contributed by atoms with Gasteiger partial charge in [0.25, 0.3) is 0 Å². The van der Waals surface area contributed by atoms with Crippen molar-refractivity contribution >= 4 is 57.7 Å². The number of fused-ring (bicyclic) bond motifs is 2. The number of azo groups is 1. The molecule has 0 aliphatic heterocycles. The van der Waals surface area contributed by atoms with Crippen molar-refractivity contribution in [2.75, 3.05) is 0 Å². The van der Waals surface area contributed by atoms with Crippen LogP contribution in [0.15, 0.2) is 96.0 Å². The summed E-state index contributed by atoms with van der Waals surface area (Å²) in [7, 11) is -19.9. The van der Waals surface area contributed by atoms with Gasteiger partial charge in [-0.05, 0) is 79.7 Å². The zero-order valence-electron chi connectivity index (χ0n) is 24.1. The van der Waals surface area contributed by atoms with Crippen LogP contribution in [-0.2, 0) is 45.3 Å². The third-order valence-electron chi connectivity index (χ3n) is 8.12. The van der Waals surface area contributed by atoms with Gasteiger partial charge in [0.05, 0.1) is 32.5 Å². The number of rotatable bonds is 9. The van der Waals surface area contributed by atoms with Crippen molar-refractivity contribution in [2.24, 2.45) is 22.1 Å². The molecule has 1 aromatic carbocycles. The summed E-state index contributed by atoms with van der Waals surface area (Å²) in [6.45, 7) is 0. The predicted molar refractivity (Wildman–Crippen MR) is 159 cm³/mol. The average Bonchev–Trinajstić information content (AvgIpc) is 2.97. The van der Waals surface area contributed by atoms with Crippen molar-refractivity contribution in [2.45, 2.75) is 41.9 Å². The number of ketones is 1. The number of nitrogens with zero attached hydrogens (tertiary/aromatic N) is 2. The number of carbonyl (C=O) groups is 1. The topological polar surface area (TPSA) is 318 Å². The van der Waals surface area contributed by atoms with E-state index in [-0.39, 0.29) is 35.4 Å². The Labute approximate surface area is 274 Å². The lowest BCUT2D eigenvalue weighted by Crippen LogP contribution is -2.44. The molecule has 4 aliphatic carbocycles. The first kappa shape index (κ1) is 35.4. The average molecular weight is 742 g/mol. The number of benzene rings is 1. The molecule has 0 saturated carbocycles. The Morgan fingerprint density at radius 2 is 1.52 bits per heavy atom. The van der Waals surface area contributed by atoms with Crippen molar-refractivity contribution in [3.05, 3.63) is 80.9 Å². The highest BCUT2D eigenvalue weighted by Gasteiger charge is 2.41. The minimum absolute atomic E-state index is 0.0465. The second-order valence-corrected chi connectivity index (χ2v) is 16.9. The molecule has 1 aromatic rings. The van der Waals surface area contributed by atoms with E-state index in [0.717, 1.165) is 24.3 Å². The molecule has 0 saturated heterocycles. The predicted octanol–water partition coefficient (Wildman–Crippen LogP) is 0.410. The summed E-state index contributed by atoms with van der Waals surface area (Å²) in [5, 5.41) is 14.4. The quantitative estimate of drug-likeness (QED) is 0.175. The summed E-state index contributed by atoms with van der Waals surface area (Å²) in [6, 6.07) is 3.79. The lowest BCUT2D eigenvalue weighted by atomic mass is 9.78. The Morgan fingerprint density at radius 1 is 0.854 bits per heavy atom. The second-order valence-electron chi connectivity index (χ2n) is 11.1. The van der Waals surface area contributed by atoms with E-state index in [2.05, 4.69) is 21.1 Å². The highest BCUT2D eigenvalue weighted by molar-refractivity contribution is 7.90. The molecular formula is C26H23N5O13S4-4. The van der Waals surface area contributed by atoms with Crippen molar-refractivity contribution in [1.29, 1.82) is 5.41 Å². The maximum Gasteiger partial charge on any atom is 0.207 e.